The molecule has 5 heteroatoms. The van der Waals surface area contributed by atoms with Crippen LogP contribution in [0.5, 0.6) is 0 Å². The predicted octanol–water partition coefficient (Wildman–Crippen LogP) is 0.901. The van der Waals surface area contributed by atoms with E-state index in [1.807, 2.05) is 11.8 Å². The lowest BCUT2D eigenvalue weighted by Crippen LogP contribution is -2.52. The first-order valence-corrected chi connectivity index (χ1v) is 6.40. The molecule has 0 aliphatic carbocycles. The summed E-state index contributed by atoms with van der Waals surface area (Å²) in [6, 6.07) is 0. The summed E-state index contributed by atoms with van der Waals surface area (Å²) in [6.45, 7) is 3.72. The Morgan fingerprint density at radius 2 is 2.00 bits per heavy atom. The van der Waals surface area contributed by atoms with E-state index in [9.17, 15) is 9.59 Å². The number of nitrogens with one attached hydrogen (secondary N) is 1. The number of guanidine groups is 1. The van der Waals surface area contributed by atoms with E-state index in [-0.39, 0.29) is 11.8 Å². The minimum absolute atomic E-state index is 0.188. The Kier molecular flexibility index (Phi) is 3.76. The van der Waals surface area contributed by atoms with Crippen molar-refractivity contribution in [2.45, 2.75) is 39.0 Å². The van der Waals surface area contributed by atoms with E-state index < -0.39 is 5.92 Å². The Morgan fingerprint density at radius 1 is 1.29 bits per heavy atom. The summed E-state index contributed by atoms with van der Waals surface area (Å²) in [7, 11) is 0. The van der Waals surface area contributed by atoms with Crippen LogP contribution in [0.2, 0.25) is 0 Å². The lowest BCUT2D eigenvalue weighted by molar-refractivity contribution is -0.134. The third-order valence-electron chi connectivity index (χ3n) is 3.30. The van der Waals surface area contributed by atoms with Crippen LogP contribution in [0.1, 0.15) is 39.0 Å². The van der Waals surface area contributed by atoms with Crippen LogP contribution in [0.25, 0.3) is 0 Å². The van der Waals surface area contributed by atoms with Crippen molar-refractivity contribution in [3.63, 3.8) is 0 Å². The highest BCUT2D eigenvalue weighted by Gasteiger charge is 2.32. The van der Waals surface area contributed by atoms with Gasteiger partial charge in [-0.05, 0) is 25.7 Å². The fourth-order valence-corrected chi connectivity index (χ4v) is 2.32. The molecule has 0 bridgehead atoms. The SMILES string of the molecule is CCCC1C(=O)N=C(N2CCCCC2)NC1=O. The van der Waals surface area contributed by atoms with Crippen LogP contribution in [-0.4, -0.2) is 35.8 Å². The number of amides is 2. The zero-order valence-electron chi connectivity index (χ0n) is 10.2. The second kappa shape index (κ2) is 5.29. The smallest absolute Gasteiger partial charge is 0.261 e. The standard InChI is InChI=1S/C12H19N3O2/c1-2-6-9-10(16)13-12(14-11(9)17)15-7-4-3-5-8-15/h9H,2-8H2,1H3,(H,13,14,16,17). The molecule has 5 nitrogen and oxygen atoms in total. The van der Waals surface area contributed by atoms with Crippen molar-refractivity contribution in [2.24, 2.45) is 10.9 Å². The Morgan fingerprint density at radius 3 is 2.59 bits per heavy atom. The van der Waals surface area contributed by atoms with Gasteiger partial charge in [0.05, 0.1) is 0 Å². The molecule has 0 spiro atoms. The van der Waals surface area contributed by atoms with E-state index in [1.165, 1.54) is 6.42 Å². The lowest BCUT2D eigenvalue weighted by Gasteiger charge is -2.32. The molecule has 1 atom stereocenters. The van der Waals surface area contributed by atoms with Gasteiger partial charge in [0.1, 0.15) is 5.92 Å². The van der Waals surface area contributed by atoms with Crippen LogP contribution in [0.4, 0.5) is 0 Å². The van der Waals surface area contributed by atoms with E-state index in [0.29, 0.717) is 12.4 Å². The second-order valence-corrected chi connectivity index (χ2v) is 4.65. The molecule has 1 fully saturated rings. The third kappa shape index (κ3) is 2.65. The fraction of sp³-hybridized carbons (Fsp3) is 0.750. The van der Waals surface area contributed by atoms with E-state index in [4.69, 9.17) is 0 Å². The first kappa shape index (κ1) is 12.1. The summed E-state index contributed by atoms with van der Waals surface area (Å²) >= 11 is 0. The van der Waals surface area contributed by atoms with E-state index in [1.54, 1.807) is 0 Å². The molecule has 94 valence electrons. The molecule has 1 N–H and O–H groups in total. The number of hydrogen-bond acceptors (Lipinski definition) is 3. The molecule has 0 saturated carbocycles. The third-order valence-corrected chi connectivity index (χ3v) is 3.30. The number of nitrogens with zero attached hydrogens (tertiary/aromatic N) is 2. The summed E-state index contributed by atoms with van der Waals surface area (Å²) in [5.74, 6) is -0.579. The minimum Gasteiger partial charge on any atom is -0.342 e. The Labute approximate surface area is 101 Å². The largest absolute Gasteiger partial charge is 0.342 e. The Hall–Kier alpha value is -1.39. The van der Waals surface area contributed by atoms with Crippen LogP contribution in [-0.2, 0) is 9.59 Å². The highest BCUT2D eigenvalue weighted by molar-refractivity contribution is 6.15. The zero-order chi connectivity index (χ0) is 12.3. The van der Waals surface area contributed by atoms with Gasteiger partial charge in [-0.15, -0.1) is 0 Å². The number of rotatable bonds is 2. The monoisotopic (exact) mass is 237 g/mol. The Bertz CT molecular complexity index is 346. The van der Waals surface area contributed by atoms with Crippen LogP contribution in [0.15, 0.2) is 4.99 Å². The first-order chi connectivity index (χ1) is 8.22. The van der Waals surface area contributed by atoms with E-state index in [0.717, 1.165) is 32.4 Å². The maximum Gasteiger partial charge on any atom is 0.261 e. The topological polar surface area (TPSA) is 61.8 Å². The average molecular weight is 237 g/mol. The summed E-state index contributed by atoms with van der Waals surface area (Å²) in [6.07, 6.45) is 4.81. The number of piperidine rings is 1. The maximum atomic E-state index is 11.8. The average Bonchev–Trinajstić information content (AvgIpc) is 2.35. The van der Waals surface area contributed by atoms with Gasteiger partial charge in [-0.1, -0.05) is 13.3 Å². The van der Waals surface area contributed by atoms with Crippen molar-refractivity contribution < 1.29 is 9.59 Å². The normalized spacial score (nSPS) is 25.6. The number of carbonyl (C=O) groups is 2. The van der Waals surface area contributed by atoms with Gasteiger partial charge in [0, 0.05) is 13.1 Å². The van der Waals surface area contributed by atoms with Crippen molar-refractivity contribution in [3.05, 3.63) is 0 Å². The molecule has 2 rings (SSSR count). The second-order valence-electron chi connectivity index (χ2n) is 4.65. The van der Waals surface area contributed by atoms with Gasteiger partial charge in [-0.2, -0.15) is 4.99 Å². The molecule has 0 aromatic carbocycles. The quantitative estimate of drug-likeness (QED) is 0.726. The molecule has 2 amide bonds. The van der Waals surface area contributed by atoms with E-state index >= 15 is 0 Å². The number of hydrogen-bond donors (Lipinski definition) is 1. The molecule has 0 radical (unpaired) electrons. The van der Waals surface area contributed by atoms with Crippen molar-refractivity contribution >= 4 is 17.8 Å². The maximum absolute atomic E-state index is 11.8. The summed E-state index contributed by atoms with van der Waals surface area (Å²) in [5, 5.41) is 2.77. The van der Waals surface area contributed by atoms with Gasteiger partial charge in [0.15, 0.2) is 0 Å². The van der Waals surface area contributed by atoms with Gasteiger partial charge in [0.2, 0.25) is 11.9 Å². The number of likely N-dealkylation sites (tertiary alicyclic amines) is 1. The van der Waals surface area contributed by atoms with Gasteiger partial charge >= 0.3 is 0 Å². The molecule has 2 aliphatic rings. The van der Waals surface area contributed by atoms with Crippen molar-refractivity contribution in [1.29, 1.82) is 0 Å². The summed E-state index contributed by atoms with van der Waals surface area (Å²) in [4.78, 5) is 29.6. The van der Waals surface area contributed by atoms with Crippen molar-refractivity contribution in [2.75, 3.05) is 13.1 Å². The van der Waals surface area contributed by atoms with Gasteiger partial charge in [0.25, 0.3) is 5.91 Å². The molecular formula is C12H19N3O2. The molecule has 1 saturated heterocycles. The van der Waals surface area contributed by atoms with Crippen LogP contribution in [0.3, 0.4) is 0 Å². The fourth-order valence-electron chi connectivity index (χ4n) is 2.32. The zero-order valence-corrected chi connectivity index (χ0v) is 10.2. The van der Waals surface area contributed by atoms with Crippen LogP contribution >= 0.6 is 0 Å². The number of carbonyl (C=O) groups excluding carboxylic acids is 2. The van der Waals surface area contributed by atoms with Crippen LogP contribution < -0.4 is 5.32 Å². The highest BCUT2D eigenvalue weighted by atomic mass is 16.2. The van der Waals surface area contributed by atoms with Crippen LogP contribution in [0, 0.1) is 5.92 Å². The summed E-state index contributed by atoms with van der Waals surface area (Å²) in [5.41, 5.74) is 0. The molecular weight excluding hydrogens is 218 g/mol. The molecule has 0 aromatic rings. The van der Waals surface area contributed by atoms with Crippen molar-refractivity contribution in [1.82, 2.24) is 10.2 Å². The highest BCUT2D eigenvalue weighted by Crippen LogP contribution is 2.15. The number of aliphatic imine (C=N–C) groups is 1. The molecule has 2 aliphatic heterocycles. The van der Waals surface area contributed by atoms with Gasteiger partial charge in [-0.3, -0.25) is 14.9 Å². The van der Waals surface area contributed by atoms with Gasteiger partial charge < -0.3 is 4.90 Å². The molecule has 1 unspecified atom stereocenters. The van der Waals surface area contributed by atoms with Crippen molar-refractivity contribution in [3.8, 4) is 0 Å². The lowest BCUT2D eigenvalue weighted by atomic mass is 10.0. The van der Waals surface area contributed by atoms with Gasteiger partial charge in [-0.25, -0.2) is 0 Å². The summed E-state index contributed by atoms with van der Waals surface area (Å²) < 4.78 is 0. The minimum atomic E-state index is -0.575. The predicted molar refractivity (Wildman–Crippen MR) is 64.4 cm³/mol. The van der Waals surface area contributed by atoms with E-state index in [2.05, 4.69) is 10.3 Å². The first-order valence-electron chi connectivity index (χ1n) is 6.40. The molecule has 2 heterocycles. The molecule has 0 aromatic heterocycles. The molecule has 17 heavy (non-hydrogen) atoms. The Balaban J connectivity index is 2.07.